The summed E-state index contributed by atoms with van der Waals surface area (Å²) in [6.45, 7) is 6.04. The van der Waals surface area contributed by atoms with E-state index in [0.717, 1.165) is 35.5 Å². The molecule has 0 bridgehead atoms. The van der Waals surface area contributed by atoms with Crippen molar-refractivity contribution >= 4 is 52.6 Å². The van der Waals surface area contributed by atoms with E-state index in [1.807, 2.05) is 19.1 Å². The molecule has 0 amide bonds. The number of nitrogens with zero attached hydrogens (tertiary/aromatic N) is 1. The molecule has 5 nitrogen and oxygen atoms in total. The Morgan fingerprint density at radius 3 is 2.38 bits per heavy atom. The molecule has 0 radical (unpaired) electrons. The average Bonchev–Trinajstić information content (AvgIpc) is 2.66. The molecule has 162 valence electrons. The molecule has 1 aromatic carbocycles. The zero-order chi connectivity index (χ0) is 21.5. The monoisotopic (exact) mass is 483 g/mol. The van der Waals surface area contributed by atoms with Gasteiger partial charge in [-0.2, -0.15) is 0 Å². The molecule has 0 heterocycles. The van der Waals surface area contributed by atoms with Gasteiger partial charge < -0.3 is 19.0 Å². The first-order chi connectivity index (χ1) is 13.9. The van der Waals surface area contributed by atoms with Crippen LogP contribution in [0.3, 0.4) is 0 Å². The van der Waals surface area contributed by atoms with Gasteiger partial charge in [-0.1, -0.05) is 58.5 Å². The Morgan fingerprint density at radius 2 is 1.69 bits per heavy atom. The minimum absolute atomic E-state index is 0.147. The molecule has 0 unspecified atom stereocenters. The van der Waals surface area contributed by atoms with Crippen LogP contribution in [0.5, 0.6) is 11.5 Å². The Hall–Kier alpha value is -1.11. The largest absolute Gasteiger partial charge is 0.493 e. The molecule has 0 atom stereocenters. The molecule has 0 aliphatic carbocycles. The second-order valence-electron chi connectivity index (χ2n) is 5.74. The summed E-state index contributed by atoms with van der Waals surface area (Å²) < 4.78 is 17.4. The van der Waals surface area contributed by atoms with Crippen molar-refractivity contribution in [1.82, 2.24) is 0 Å². The maximum atomic E-state index is 5.96. The molecule has 1 rings (SSSR count). The van der Waals surface area contributed by atoms with E-state index in [1.54, 1.807) is 6.08 Å². The molecule has 1 aromatic rings. The molecular formula is C20H25Cl4NO4. The summed E-state index contributed by atoms with van der Waals surface area (Å²) in [4.78, 5) is 4.91. The highest BCUT2D eigenvalue weighted by Gasteiger charge is 2.09. The first-order valence-corrected chi connectivity index (χ1v) is 10.6. The zero-order valence-corrected chi connectivity index (χ0v) is 19.5. The maximum absolute atomic E-state index is 5.96. The highest BCUT2D eigenvalue weighted by molar-refractivity contribution is 6.56. The van der Waals surface area contributed by atoms with Crippen molar-refractivity contribution in [3.63, 3.8) is 0 Å². The summed E-state index contributed by atoms with van der Waals surface area (Å²) in [6.07, 6.45) is 6.20. The minimum Gasteiger partial charge on any atom is -0.493 e. The summed E-state index contributed by atoms with van der Waals surface area (Å²) in [5, 5.41) is 3.71. The lowest BCUT2D eigenvalue weighted by molar-refractivity contribution is 0.143. The first-order valence-electron chi connectivity index (χ1n) is 9.07. The number of hydrogen-bond acceptors (Lipinski definition) is 5. The molecule has 9 heteroatoms. The molecular weight excluding hydrogens is 460 g/mol. The molecule has 29 heavy (non-hydrogen) atoms. The molecule has 0 aliphatic heterocycles. The van der Waals surface area contributed by atoms with Gasteiger partial charge in [0.2, 0.25) is 0 Å². The van der Waals surface area contributed by atoms with Crippen molar-refractivity contribution in [3.8, 4) is 11.5 Å². The quantitative estimate of drug-likeness (QED) is 0.175. The topological polar surface area (TPSA) is 49.3 Å². The first kappa shape index (κ1) is 25.9. The van der Waals surface area contributed by atoms with E-state index in [2.05, 4.69) is 12.1 Å². The summed E-state index contributed by atoms with van der Waals surface area (Å²) in [5.74, 6) is 1.64. The van der Waals surface area contributed by atoms with E-state index in [4.69, 9.17) is 65.5 Å². The van der Waals surface area contributed by atoms with E-state index >= 15 is 0 Å². The molecule has 0 saturated heterocycles. The molecule has 0 saturated carbocycles. The highest BCUT2D eigenvalue weighted by Crippen LogP contribution is 2.30. The number of rotatable bonds is 14. The Balaban J connectivity index is 2.34. The Kier molecular flexibility index (Phi) is 14.0. The summed E-state index contributed by atoms with van der Waals surface area (Å²) in [7, 11) is 0. The van der Waals surface area contributed by atoms with Gasteiger partial charge in [0, 0.05) is 6.42 Å². The third-order valence-corrected chi connectivity index (χ3v) is 4.14. The van der Waals surface area contributed by atoms with Crippen molar-refractivity contribution in [1.29, 1.82) is 0 Å². The lowest BCUT2D eigenvalue weighted by atomic mass is 10.1. The fraction of sp³-hybridized carbons (Fsp3) is 0.450. The molecule has 0 aromatic heterocycles. The fourth-order valence-electron chi connectivity index (χ4n) is 2.26. The van der Waals surface area contributed by atoms with Gasteiger partial charge in [-0.25, -0.2) is 0 Å². The zero-order valence-electron chi connectivity index (χ0n) is 16.4. The van der Waals surface area contributed by atoms with Crippen LogP contribution in [0.2, 0.25) is 0 Å². The molecule has 0 aliphatic rings. The van der Waals surface area contributed by atoms with Gasteiger partial charge >= 0.3 is 0 Å². The van der Waals surface area contributed by atoms with Crippen LogP contribution >= 0.6 is 46.4 Å². The number of hydrogen-bond donors (Lipinski definition) is 0. The van der Waals surface area contributed by atoms with Gasteiger partial charge in [0.05, 0.1) is 26.0 Å². The lowest BCUT2D eigenvalue weighted by Gasteiger charge is -2.15. The molecule has 0 spiro atoms. The van der Waals surface area contributed by atoms with Crippen LogP contribution in [0, 0.1) is 6.92 Å². The van der Waals surface area contributed by atoms with Crippen LogP contribution < -0.4 is 9.47 Å². The summed E-state index contributed by atoms with van der Waals surface area (Å²) in [5.41, 5.74) is 2.09. The van der Waals surface area contributed by atoms with Crippen molar-refractivity contribution < 1.29 is 19.0 Å². The minimum atomic E-state index is 0.147. The van der Waals surface area contributed by atoms with Crippen molar-refractivity contribution in [2.24, 2.45) is 5.16 Å². The SMILES string of the molecule is CCc1cc(OCC=C(Cl)Cl)cc(C)c1OCCCOC/C=N/OCC=C(Cl)Cl. The van der Waals surface area contributed by atoms with Gasteiger partial charge in [0.1, 0.15) is 33.7 Å². The van der Waals surface area contributed by atoms with E-state index < -0.39 is 0 Å². The van der Waals surface area contributed by atoms with Crippen LogP contribution in [-0.4, -0.2) is 39.2 Å². The molecule has 0 N–H and O–H groups in total. The number of aryl methyl sites for hydroxylation is 2. The normalized spacial score (nSPS) is 10.7. The van der Waals surface area contributed by atoms with Crippen LogP contribution in [-0.2, 0) is 16.0 Å². The standard InChI is InChI=1S/C20H25Cl4NO4/c1-3-16-14-17(27-10-5-18(21)22)13-15(2)20(16)28-9-4-8-26-12-7-25-29-11-6-19(23)24/h5-7,13-14H,3-4,8-12H2,1-2H3/b25-7+. The van der Waals surface area contributed by atoms with Crippen LogP contribution in [0.1, 0.15) is 24.5 Å². The summed E-state index contributed by atoms with van der Waals surface area (Å²) >= 11 is 22.1. The molecule has 0 fully saturated rings. The van der Waals surface area contributed by atoms with Crippen LogP contribution in [0.15, 0.2) is 38.4 Å². The van der Waals surface area contributed by atoms with Crippen molar-refractivity contribution in [3.05, 3.63) is 44.4 Å². The van der Waals surface area contributed by atoms with E-state index in [-0.39, 0.29) is 15.6 Å². The third kappa shape index (κ3) is 12.2. The number of benzene rings is 1. The predicted molar refractivity (Wildman–Crippen MR) is 121 cm³/mol. The lowest BCUT2D eigenvalue weighted by Crippen LogP contribution is -2.07. The van der Waals surface area contributed by atoms with Gasteiger partial charge in [0.15, 0.2) is 0 Å². The fourth-order valence-corrected chi connectivity index (χ4v) is 2.51. The van der Waals surface area contributed by atoms with Gasteiger partial charge in [-0.15, -0.1) is 0 Å². The third-order valence-electron chi connectivity index (χ3n) is 3.53. The highest BCUT2D eigenvalue weighted by atomic mass is 35.5. The maximum Gasteiger partial charge on any atom is 0.138 e. The number of ether oxygens (including phenoxy) is 3. The Morgan fingerprint density at radius 1 is 0.966 bits per heavy atom. The summed E-state index contributed by atoms with van der Waals surface area (Å²) in [6, 6.07) is 3.90. The van der Waals surface area contributed by atoms with Gasteiger partial charge in [-0.05, 0) is 48.8 Å². The Bertz CT molecular complexity index is 700. The Labute approximate surface area is 192 Å². The second-order valence-corrected chi connectivity index (χ2v) is 7.76. The second kappa shape index (κ2) is 15.7. The number of halogens is 4. The number of oxime groups is 1. The van der Waals surface area contributed by atoms with E-state index in [1.165, 1.54) is 12.3 Å². The van der Waals surface area contributed by atoms with Gasteiger partial charge in [0.25, 0.3) is 0 Å². The van der Waals surface area contributed by atoms with Crippen LogP contribution in [0.4, 0.5) is 0 Å². The predicted octanol–water partition coefficient (Wildman–Crippen LogP) is 6.36. The van der Waals surface area contributed by atoms with E-state index in [9.17, 15) is 0 Å². The van der Waals surface area contributed by atoms with Crippen molar-refractivity contribution in [2.45, 2.75) is 26.7 Å². The van der Waals surface area contributed by atoms with Gasteiger partial charge in [-0.3, -0.25) is 0 Å². The van der Waals surface area contributed by atoms with Crippen LogP contribution in [0.25, 0.3) is 0 Å². The van der Waals surface area contributed by atoms with E-state index in [0.29, 0.717) is 26.4 Å². The van der Waals surface area contributed by atoms with Crippen molar-refractivity contribution in [2.75, 3.05) is 33.0 Å². The smallest absolute Gasteiger partial charge is 0.138 e. The average molecular weight is 485 g/mol.